The molecule has 0 aliphatic rings. The van der Waals surface area contributed by atoms with E-state index in [2.05, 4.69) is 0 Å². The Morgan fingerprint density at radius 3 is 0.877 bits per heavy atom. The maximum Gasteiger partial charge on any atom is 1.00 e. The van der Waals surface area contributed by atoms with E-state index < -0.39 is 31.1 Å². The second-order valence-corrected chi connectivity index (χ2v) is 19.1. The van der Waals surface area contributed by atoms with Gasteiger partial charge in [0, 0.05) is 37.3 Å². The summed E-state index contributed by atoms with van der Waals surface area (Å²) in [5.41, 5.74) is 0.365. The molecule has 21 heteroatoms. The van der Waals surface area contributed by atoms with E-state index in [9.17, 15) is 16.8 Å². The molecule has 18 nitrogen and oxygen atoms in total. The zero-order valence-electron chi connectivity index (χ0n) is 41.7. The molecule has 65 heavy (non-hydrogen) atoms. The Labute approximate surface area is 435 Å². The van der Waals surface area contributed by atoms with Crippen LogP contribution in [0.15, 0.2) is 24.3 Å². The SMILES string of the molecule is CCOCCOCCOCCOCCOCCOCCCS(=O)(=O)OCC(C)(C)c1cccc(C(C)(C)COS(=O)(=O)CCCOCCOCCOCCOCCOCCOCC)c1.[H-].[K+]. The van der Waals surface area contributed by atoms with Crippen LogP contribution in [0.3, 0.4) is 0 Å². The normalized spacial score (nSPS) is 12.5. The van der Waals surface area contributed by atoms with Crippen molar-refractivity contribution in [2.45, 2.75) is 65.2 Å². The van der Waals surface area contributed by atoms with Gasteiger partial charge in [0.1, 0.15) is 0 Å². The molecular formula is C44H83KO18S2. The van der Waals surface area contributed by atoms with Crippen LogP contribution >= 0.6 is 0 Å². The Balaban J connectivity index is 0. The van der Waals surface area contributed by atoms with Crippen molar-refractivity contribution in [2.24, 2.45) is 0 Å². The minimum atomic E-state index is -3.80. The summed E-state index contributed by atoms with van der Waals surface area (Å²) in [6.45, 7) is 22.5. The Bertz CT molecular complexity index is 1360. The Kier molecular flexibility index (Phi) is 42.1. The second-order valence-electron chi connectivity index (χ2n) is 15.6. The van der Waals surface area contributed by atoms with Crippen LogP contribution in [0.4, 0.5) is 0 Å². The molecule has 0 saturated heterocycles. The number of rotatable bonds is 48. The van der Waals surface area contributed by atoms with Crippen molar-refractivity contribution in [3.63, 3.8) is 0 Å². The second kappa shape index (κ2) is 41.9. The van der Waals surface area contributed by atoms with Crippen LogP contribution in [-0.2, 0) is 96.3 Å². The van der Waals surface area contributed by atoms with E-state index in [0.717, 1.165) is 11.1 Å². The smallest absolute Gasteiger partial charge is 1.00 e. The van der Waals surface area contributed by atoms with Crippen LogP contribution in [0.1, 0.15) is 66.9 Å². The molecule has 1 rings (SSSR count). The molecule has 0 aromatic heterocycles. The number of benzene rings is 1. The largest absolute Gasteiger partial charge is 1.00 e. The molecule has 0 heterocycles. The van der Waals surface area contributed by atoms with Crippen LogP contribution in [0, 0.1) is 0 Å². The Morgan fingerprint density at radius 1 is 0.400 bits per heavy atom. The van der Waals surface area contributed by atoms with Crippen LogP contribution in [-0.4, -0.2) is 200 Å². The molecule has 0 amide bonds. The van der Waals surface area contributed by atoms with Crippen molar-refractivity contribution in [1.29, 1.82) is 0 Å². The van der Waals surface area contributed by atoms with Gasteiger partial charge in [-0.1, -0.05) is 52.0 Å². The molecule has 0 aliphatic carbocycles. The predicted octanol–water partition coefficient (Wildman–Crippen LogP) is 1.07. The van der Waals surface area contributed by atoms with Crippen molar-refractivity contribution in [3.05, 3.63) is 35.4 Å². The summed E-state index contributed by atoms with van der Waals surface area (Å²) in [6.07, 6.45) is 0.556. The fraction of sp³-hybridized carbons (Fsp3) is 0.864. The third-order valence-corrected chi connectivity index (χ3v) is 11.6. The quantitative estimate of drug-likeness (QED) is 0.0510. The van der Waals surface area contributed by atoms with Gasteiger partial charge < -0.3 is 58.3 Å². The number of hydrogen-bond acceptors (Lipinski definition) is 18. The van der Waals surface area contributed by atoms with E-state index in [1.807, 2.05) is 65.8 Å². The van der Waals surface area contributed by atoms with Gasteiger partial charge in [0.05, 0.1) is 157 Å². The van der Waals surface area contributed by atoms with Crippen molar-refractivity contribution in [2.75, 3.05) is 183 Å². The van der Waals surface area contributed by atoms with E-state index >= 15 is 0 Å². The molecule has 0 spiro atoms. The fourth-order valence-corrected chi connectivity index (χ4v) is 7.41. The summed E-state index contributed by atoms with van der Waals surface area (Å²) in [6, 6.07) is 7.60. The third kappa shape index (κ3) is 38.6. The first-order chi connectivity index (χ1) is 30.7. The van der Waals surface area contributed by atoms with Gasteiger partial charge in [-0.2, -0.15) is 16.8 Å². The Morgan fingerprint density at radius 2 is 0.631 bits per heavy atom. The molecule has 0 unspecified atom stereocenters. The average molecular weight is 1000 g/mol. The zero-order chi connectivity index (χ0) is 47.1. The van der Waals surface area contributed by atoms with E-state index in [-0.39, 0.29) is 104 Å². The van der Waals surface area contributed by atoms with Gasteiger partial charge in [-0.15, -0.1) is 0 Å². The van der Waals surface area contributed by atoms with Crippen LogP contribution in [0.2, 0.25) is 0 Å². The van der Waals surface area contributed by atoms with Crippen molar-refractivity contribution >= 4 is 20.2 Å². The molecule has 380 valence electrons. The van der Waals surface area contributed by atoms with Gasteiger partial charge in [-0.25, -0.2) is 0 Å². The molecule has 0 bridgehead atoms. The summed E-state index contributed by atoms with van der Waals surface area (Å²) in [5.74, 6) is -0.361. The first-order valence-electron chi connectivity index (χ1n) is 22.5. The van der Waals surface area contributed by atoms with Crippen LogP contribution < -0.4 is 51.4 Å². The topological polar surface area (TPSA) is 197 Å². The van der Waals surface area contributed by atoms with E-state index in [1.165, 1.54) is 0 Å². The van der Waals surface area contributed by atoms with Crippen LogP contribution in [0.25, 0.3) is 0 Å². The summed E-state index contributed by atoms with van der Waals surface area (Å²) < 4.78 is 127. The average Bonchev–Trinajstić information content (AvgIpc) is 3.27. The fourth-order valence-electron chi connectivity index (χ4n) is 5.28. The summed E-state index contributed by atoms with van der Waals surface area (Å²) in [4.78, 5) is 0. The molecule has 0 fully saturated rings. The summed E-state index contributed by atoms with van der Waals surface area (Å²) in [5, 5.41) is 0. The molecule has 0 atom stereocenters. The van der Waals surface area contributed by atoms with Gasteiger partial charge in [0.25, 0.3) is 20.2 Å². The van der Waals surface area contributed by atoms with Crippen LogP contribution in [0.5, 0.6) is 0 Å². The first-order valence-corrected chi connectivity index (χ1v) is 25.7. The minimum Gasteiger partial charge on any atom is -1.00 e. The predicted molar refractivity (Wildman–Crippen MR) is 243 cm³/mol. The molecule has 0 aliphatic heterocycles. The number of hydrogen-bond donors (Lipinski definition) is 0. The van der Waals surface area contributed by atoms with E-state index in [0.29, 0.717) is 145 Å². The van der Waals surface area contributed by atoms with Gasteiger partial charge in [0.2, 0.25) is 0 Å². The first kappa shape index (κ1) is 65.2. The summed E-state index contributed by atoms with van der Waals surface area (Å²) >= 11 is 0. The molecule has 1 aromatic rings. The van der Waals surface area contributed by atoms with Gasteiger partial charge >= 0.3 is 51.4 Å². The summed E-state index contributed by atoms with van der Waals surface area (Å²) in [7, 11) is -7.60. The van der Waals surface area contributed by atoms with Crippen molar-refractivity contribution in [3.8, 4) is 0 Å². The molecular weight excluding hydrogens is 920 g/mol. The maximum absolute atomic E-state index is 12.7. The molecule has 0 saturated carbocycles. The monoisotopic (exact) mass is 1000 g/mol. The van der Waals surface area contributed by atoms with Gasteiger partial charge in [-0.3, -0.25) is 8.37 Å². The van der Waals surface area contributed by atoms with Crippen molar-refractivity contribution in [1.82, 2.24) is 0 Å². The van der Waals surface area contributed by atoms with Crippen molar-refractivity contribution < 1.29 is 135 Å². The van der Waals surface area contributed by atoms with E-state index in [4.69, 9.17) is 65.2 Å². The number of ether oxygens (including phenoxy) is 12. The van der Waals surface area contributed by atoms with Gasteiger partial charge in [-0.05, 0) is 37.8 Å². The molecule has 1 aromatic carbocycles. The zero-order valence-corrected chi connectivity index (χ0v) is 45.4. The maximum atomic E-state index is 12.7. The minimum absolute atomic E-state index is 0. The Hall–Kier alpha value is 0.196. The molecule has 0 N–H and O–H groups in total. The standard InChI is InChI=1S/C44H82O18S2.K.H/c1-7-49-16-18-53-24-26-57-32-34-59-30-28-55-22-20-51-14-10-36-63(45,46)61-39-43(3,4)41-12-9-13-42(38-41)44(5,6)40-62-64(47,48)37-11-15-52-21-23-56-29-31-60-35-33-58-27-25-54-19-17-50-8-2;;/h9,12-13,38H,7-8,10-11,14-37,39-40H2,1-6H3;;/q;+1;-1. The molecule has 0 radical (unpaired) electrons. The van der Waals surface area contributed by atoms with E-state index in [1.54, 1.807) is 0 Å². The van der Waals surface area contributed by atoms with Gasteiger partial charge in [0.15, 0.2) is 0 Å². The third-order valence-electron chi connectivity index (χ3n) is 9.12.